The monoisotopic (exact) mass is 214 g/mol. The molecule has 0 fully saturated rings. The maximum absolute atomic E-state index is 9.46. The Morgan fingerprint density at radius 2 is 2.21 bits per heavy atom. The normalized spacial score (nSPS) is 13.9. The van der Waals surface area contributed by atoms with Crippen LogP contribution in [0.15, 0.2) is 36.5 Å². The van der Waals surface area contributed by atoms with E-state index in [9.17, 15) is 5.11 Å². The first-order chi connectivity index (χ1) is 6.72. The largest absolute Gasteiger partial charge is 0.384 e. The van der Waals surface area contributed by atoms with Gasteiger partial charge in [-0.25, -0.2) is 0 Å². The zero-order chi connectivity index (χ0) is 10.8. The van der Waals surface area contributed by atoms with Crippen molar-refractivity contribution in [3.05, 3.63) is 36.5 Å². The molecule has 0 spiro atoms. The lowest BCUT2D eigenvalue weighted by Gasteiger charge is -2.03. The molecule has 1 nitrogen and oxygen atoms in total. The molecule has 0 saturated carbocycles. The molecule has 0 bridgehead atoms. The third kappa shape index (κ3) is 6.93. The van der Waals surface area contributed by atoms with Gasteiger partial charge in [0.05, 0.1) is 6.10 Å². The Labute approximate surface area is 91.8 Å². The van der Waals surface area contributed by atoms with Gasteiger partial charge >= 0.3 is 0 Å². The van der Waals surface area contributed by atoms with Gasteiger partial charge < -0.3 is 5.11 Å². The third-order valence-electron chi connectivity index (χ3n) is 1.84. The van der Waals surface area contributed by atoms with E-state index in [4.69, 9.17) is 11.6 Å². The molecule has 0 aliphatic rings. The van der Waals surface area contributed by atoms with E-state index >= 15 is 0 Å². The van der Waals surface area contributed by atoms with Crippen LogP contribution in [-0.2, 0) is 0 Å². The van der Waals surface area contributed by atoms with E-state index in [-0.39, 0.29) is 0 Å². The van der Waals surface area contributed by atoms with Crippen LogP contribution in [0.3, 0.4) is 0 Å². The molecular weight excluding hydrogens is 196 g/mol. The number of hydrogen-bond donors (Lipinski definition) is 1. The second-order valence-corrected chi connectivity index (χ2v) is 3.51. The predicted molar refractivity (Wildman–Crippen MR) is 63.7 cm³/mol. The number of alkyl halides is 1. The quantitative estimate of drug-likeness (QED) is 0.298. The SMILES string of the molecule is C=C(/C=C\CCCCCl)C(O)/C=C/C. The molecule has 0 radical (unpaired) electrons. The van der Waals surface area contributed by atoms with Crippen molar-refractivity contribution in [1.29, 1.82) is 0 Å². The summed E-state index contributed by atoms with van der Waals surface area (Å²) in [5, 5.41) is 9.46. The van der Waals surface area contributed by atoms with Crippen LogP contribution >= 0.6 is 11.6 Å². The van der Waals surface area contributed by atoms with Gasteiger partial charge in [-0.15, -0.1) is 11.6 Å². The van der Waals surface area contributed by atoms with E-state index in [1.165, 1.54) is 0 Å². The maximum Gasteiger partial charge on any atom is 0.0965 e. The van der Waals surface area contributed by atoms with E-state index in [2.05, 4.69) is 6.58 Å². The van der Waals surface area contributed by atoms with Gasteiger partial charge in [0.25, 0.3) is 0 Å². The second-order valence-electron chi connectivity index (χ2n) is 3.13. The molecule has 1 atom stereocenters. The third-order valence-corrected chi connectivity index (χ3v) is 2.11. The maximum atomic E-state index is 9.46. The summed E-state index contributed by atoms with van der Waals surface area (Å²) in [6, 6.07) is 0. The average molecular weight is 215 g/mol. The van der Waals surface area contributed by atoms with Crippen molar-refractivity contribution in [3.63, 3.8) is 0 Å². The Hall–Kier alpha value is -0.530. The highest BCUT2D eigenvalue weighted by Crippen LogP contribution is 2.05. The van der Waals surface area contributed by atoms with Crippen LogP contribution in [-0.4, -0.2) is 17.1 Å². The summed E-state index contributed by atoms with van der Waals surface area (Å²) in [6.07, 6.45) is 10.0. The Bertz CT molecular complexity index is 206. The molecule has 0 aromatic rings. The van der Waals surface area contributed by atoms with Gasteiger partial charge in [-0.05, 0) is 31.8 Å². The van der Waals surface area contributed by atoms with Crippen molar-refractivity contribution in [2.24, 2.45) is 0 Å². The molecule has 0 aliphatic heterocycles. The van der Waals surface area contributed by atoms with E-state index in [1.54, 1.807) is 6.08 Å². The highest BCUT2D eigenvalue weighted by atomic mass is 35.5. The predicted octanol–water partition coefficient (Wildman–Crippen LogP) is 3.44. The number of rotatable bonds is 7. The van der Waals surface area contributed by atoms with Crippen LogP contribution in [0.25, 0.3) is 0 Å². The van der Waals surface area contributed by atoms with Crippen LogP contribution in [0.4, 0.5) is 0 Å². The minimum absolute atomic E-state index is 0.552. The Kier molecular flexibility index (Phi) is 8.70. The molecule has 0 saturated heterocycles. The minimum atomic E-state index is -0.552. The van der Waals surface area contributed by atoms with Crippen molar-refractivity contribution in [3.8, 4) is 0 Å². The fraction of sp³-hybridized carbons (Fsp3) is 0.500. The van der Waals surface area contributed by atoms with Gasteiger partial charge in [0.1, 0.15) is 0 Å². The first kappa shape index (κ1) is 13.5. The van der Waals surface area contributed by atoms with Crippen molar-refractivity contribution >= 4 is 11.6 Å². The Morgan fingerprint density at radius 3 is 2.79 bits per heavy atom. The van der Waals surface area contributed by atoms with Crippen molar-refractivity contribution in [2.45, 2.75) is 32.3 Å². The smallest absolute Gasteiger partial charge is 0.0965 e. The Morgan fingerprint density at radius 1 is 1.50 bits per heavy atom. The summed E-state index contributed by atoms with van der Waals surface area (Å²) >= 11 is 5.54. The van der Waals surface area contributed by atoms with E-state index in [1.807, 2.05) is 25.2 Å². The van der Waals surface area contributed by atoms with Gasteiger partial charge in [0, 0.05) is 5.88 Å². The average Bonchev–Trinajstić information content (AvgIpc) is 2.17. The van der Waals surface area contributed by atoms with Crippen molar-refractivity contribution in [1.82, 2.24) is 0 Å². The first-order valence-electron chi connectivity index (χ1n) is 4.94. The highest BCUT2D eigenvalue weighted by molar-refractivity contribution is 6.17. The molecule has 80 valence electrons. The molecule has 1 unspecified atom stereocenters. The summed E-state index contributed by atoms with van der Waals surface area (Å²) in [5.41, 5.74) is 0.731. The number of allylic oxidation sites excluding steroid dienone is 2. The summed E-state index contributed by atoms with van der Waals surface area (Å²) in [6.45, 7) is 5.65. The van der Waals surface area contributed by atoms with Crippen molar-refractivity contribution in [2.75, 3.05) is 5.88 Å². The molecular formula is C12H19ClO. The summed E-state index contributed by atoms with van der Waals surface area (Å²) in [7, 11) is 0. The van der Waals surface area contributed by atoms with Gasteiger partial charge in [-0.1, -0.05) is 30.9 Å². The topological polar surface area (TPSA) is 20.2 Å². The molecule has 14 heavy (non-hydrogen) atoms. The second kappa shape index (κ2) is 9.04. The molecule has 0 aromatic carbocycles. The first-order valence-corrected chi connectivity index (χ1v) is 5.48. The number of unbranched alkanes of at least 4 members (excludes halogenated alkanes) is 2. The molecule has 0 amide bonds. The molecule has 0 aromatic heterocycles. The molecule has 1 N–H and O–H groups in total. The standard InChI is InChI=1S/C12H19ClO/c1-3-8-12(14)11(2)9-6-4-5-7-10-13/h3,6,8-9,12,14H,2,4-5,7,10H2,1H3/b8-3+,9-6-. The molecule has 0 rings (SSSR count). The molecule has 0 heterocycles. The minimum Gasteiger partial charge on any atom is -0.384 e. The van der Waals surface area contributed by atoms with Crippen molar-refractivity contribution < 1.29 is 5.11 Å². The van der Waals surface area contributed by atoms with Crippen LogP contribution in [0, 0.1) is 0 Å². The van der Waals surface area contributed by atoms with Gasteiger partial charge in [0.15, 0.2) is 0 Å². The fourth-order valence-corrected chi connectivity index (χ4v) is 1.18. The zero-order valence-electron chi connectivity index (χ0n) is 8.75. The fourth-order valence-electron chi connectivity index (χ4n) is 0.996. The summed E-state index contributed by atoms with van der Waals surface area (Å²) < 4.78 is 0. The lowest BCUT2D eigenvalue weighted by atomic mass is 10.1. The lowest BCUT2D eigenvalue weighted by molar-refractivity contribution is 0.263. The van der Waals surface area contributed by atoms with E-state index in [0.717, 1.165) is 30.7 Å². The van der Waals surface area contributed by atoms with Gasteiger partial charge in [0.2, 0.25) is 0 Å². The summed E-state index contributed by atoms with van der Waals surface area (Å²) in [5.74, 6) is 0.718. The van der Waals surface area contributed by atoms with Crippen LogP contribution in [0.5, 0.6) is 0 Å². The van der Waals surface area contributed by atoms with E-state index < -0.39 is 6.10 Å². The number of halogens is 1. The lowest BCUT2D eigenvalue weighted by Crippen LogP contribution is -2.02. The van der Waals surface area contributed by atoms with E-state index in [0.29, 0.717) is 0 Å². The van der Waals surface area contributed by atoms with Crippen LogP contribution in [0.1, 0.15) is 26.2 Å². The molecule has 0 aliphatic carbocycles. The number of aliphatic hydroxyl groups excluding tert-OH is 1. The van der Waals surface area contributed by atoms with Gasteiger partial charge in [-0.3, -0.25) is 0 Å². The van der Waals surface area contributed by atoms with Crippen LogP contribution in [0.2, 0.25) is 0 Å². The zero-order valence-corrected chi connectivity index (χ0v) is 9.50. The van der Waals surface area contributed by atoms with Gasteiger partial charge in [-0.2, -0.15) is 0 Å². The number of hydrogen-bond acceptors (Lipinski definition) is 1. The summed E-state index contributed by atoms with van der Waals surface area (Å²) in [4.78, 5) is 0. The Balaban J connectivity index is 3.70. The number of aliphatic hydroxyl groups is 1. The highest BCUT2D eigenvalue weighted by Gasteiger charge is 1.98. The van der Waals surface area contributed by atoms with Crippen LogP contribution < -0.4 is 0 Å². The molecule has 2 heteroatoms.